The number of ether oxygens (including phenoxy) is 3. The molecule has 4 aromatic rings. The van der Waals surface area contributed by atoms with Gasteiger partial charge in [0.15, 0.2) is 11.5 Å². The van der Waals surface area contributed by atoms with Crippen LogP contribution < -0.4 is 19.5 Å². The molecule has 0 saturated carbocycles. The van der Waals surface area contributed by atoms with Gasteiger partial charge in [0.05, 0.1) is 38.4 Å². The fourth-order valence-electron chi connectivity index (χ4n) is 3.66. The Morgan fingerprint density at radius 2 is 1.64 bits per heavy atom. The molecule has 0 aliphatic rings. The number of carbonyl (C=O) groups excluding carboxylic acids is 1. The quantitative estimate of drug-likeness (QED) is 0.365. The largest absolute Gasteiger partial charge is 0.497 e. The van der Waals surface area contributed by atoms with Crippen molar-refractivity contribution in [1.29, 1.82) is 0 Å². The zero-order chi connectivity index (χ0) is 23.0. The van der Waals surface area contributed by atoms with E-state index in [4.69, 9.17) is 19.2 Å². The molecule has 3 aromatic carbocycles. The van der Waals surface area contributed by atoms with E-state index in [2.05, 4.69) is 9.88 Å². The first-order chi connectivity index (χ1) is 16.2. The fourth-order valence-corrected chi connectivity index (χ4v) is 3.66. The summed E-state index contributed by atoms with van der Waals surface area (Å²) < 4.78 is 18.5. The average Bonchev–Trinajstić information content (AvgIpc) is 3.22. The average molecular weight is 446 g/mol. The van der Waals surface area contributed by atoms with Gasteiger partial charge in [0, 0.05) is 12.1 Å². The lowest BCUT2D eigenvalue weighted by atomic mass is 10.2. The third-order valence-electron chi connectivity index (χ3n) is 5.35. The third-order valence-corrected chi connectivity index (χ3v) is 5.35. The van der Waals surface area contributed by atoms with Crippen molar-refractivity contribution in [3.63, 3.8) is 0 Å². The molecule has 1 heterocycles. The minimum absolute atomic E-state index is 0.157. The molecule has 170 valence electrons. The number of aryl methyl sites for hydroxylation is 1. The summed E-state index contributed by atoms with van der Waals surface area (Å²) in [5, 5.41) is 2.97. The van der Waals surface area contributed by atoms with E-state index in [-0.39, 0.29) is 5.91 Å². The van der Waals surface area contributed by atoms with E-state index >= 15 is 0 Å². The van der Waals surface area contributed by atoms with Crippen LogP contribution in [-0.2, 0) is 13.1 Å². The maximum absolute atomic E-state index is 12.6. The molecule has 7 heteroatoms. The van der Waals surface area contributed by atoms with Gasteiger partial charge in [-0.1, -0.05) is 24.3 Å². The maximum atomic E-state index is 12.6. The number of benzene rings is 3. The van der Waals surface area contributed by atoms with Crippen molar-refractivity contribution in [3.05, 3.63) is 84.2 Å². The molecule has 4 rings (SSSR count). The Morgan fingerprint density at radius 3 is 2.39 bits per heavy atom. The lowest BCUT2D eigenvalue weighted by Gasteiger charge is -2.12. The molecular weight excluding hydrogens is 418 g/mol. The molecule has 1 amide bonds. The third kappa shape index (κ3) is 5.26. The molecule has 7 nitrogen and oxygen atoms in total. The molecular formula is C26H27N3O4. The number of aromatic nitrogens is 2. The van der Waals surface area contributed by atoms with Crippen LogP contribution in [0.1, 0.15) is 22.6 Å². The van der Waals surface area contributed by atoms with Gasteiger partial charge in [-0.2, -0.15) is 0 Å². The Balaban J connectivity index is 1.42. The Kier molecular flexibility index (Phi) is 7.09. The molecule has 0 saturated heterocycles. The van der Waals surface area contributed by atoms with Gasteiger partial charge in [-0.15, -0.1) is 0 Å². The molecule has 0 atom stereocenters. The van der Waals surface area contributed by atoms with Crippen LogP contribution in [0.25, 0.3) is 11.0 Å². The van der Waals surface area contributed by atoms with Gasteiger partial charge in [0.1, 0.15) is 11.6 Å². The number of fused-ring (bicyclic) bond motifs is 1. The van der Waals surface area contributed by atoms with Gasteiger partial charge in [-0.25, -0.2) is 4.98 Å². The van der Waals surface area contributed by atoms with Crippen LogP contribution in [0.4, 0.5) is 0 Å². The Morgan fingerprint density at radius 1 is 0.909 bits per heavy atom. The predicted molar refractivity (Wildman–Crippen MR) is 127 cm³/mol. The highest BCUT2D eigenvalue weighted by molar-refractivity contribution is 5.94. The highest BCUT2D eigenvalue weighted by atomic mass is 16.5. The summed E-state index contributed by atoms with van der Waals surface area (Å²) in [4.78, 5) is 17.3. The highest BCUT2D eigenvalue weighted by Gasteiger charge is 2.13. The summed E-state index contributed by atoms with van der Waals surface area (Å²) in [6.45, 7) is 1.57. The summed E-state index contributed by atoms with van der Waals surface area (Å²) >= 11 is 0. The van der Waals surface area contributed by atoms with Crippen molar-refractivity contribution in [3.8, 4) is 17.2 Å². The number of methoxy groups -OCH3 is 2. The molecule has 0 fully saturated rings. The van der Waals surface area contributed by atoms with Crippen molar-refractivity contribution < 1.29 is 19.0 Å². The summed E-state index contributed by atoms with van der Waals surface area (Å²) in [5.74, 6) is 2.80. The van der Waals surface area contributed by atoms with Crippen LogP contribution in [-0.4, -0.2) is 36.3 Å². The van der Waals surface area contributed by atoms with Gasteiger partial charge >= 0.3 is 0 Å². The molecule has 0 bridgehead atoms. The van der Waals surface area contributed by atoms with E-state index in [1.165, 1.54) is 0 Å². The van der Waals surface area contributed by atoms with Crippen molar-refractivity contribution in [2.24, 2.45) is 0 Å². The smallest absolute Gasteiger partial charge is 0.251 e. The molecule has 0 radical (unpaired) electrons. The van der Waals surface area contributed by atoms with Crippen LogP contribution in [0.2, 0.25) is 0 Å². The number of rotatable bonds is 10. The zero-order valence-corrected chi connectivity index (χ0v) is 18.8. The first-order valence-electron chi connectivity index (χ1n) is 10.8. The van der Waals surface area contributed by atoms with E-state index in [0.717, 1.165) is 29.0 Å². The van der Waals surface area contributed by atoms with E-state index in [1.807, 2.05) is 48.5 Å². The highest BCUT2D eigenvalue weighted by Crippen LogP contribution is 2.26. The minimum atomic E-state index is -0.157. The second kappa shape index (κ2) is 10.5. The molecule has 0 spiro atoms. The van der Waals surface area contributed by atoms with Gasteiger partial charge in [-0.05, 0) is 55.0 Å². The summed E-state index contributed by atoms with van der Waals surface area (Å²) in [6, 6.07) is 22.6. The van der Waals surface area contributed by atoms with Crippen molar-refractivity contribution >= 4 is 16.9 Å². The van der Waals surface area contributed by atoms with Crippen LogP contribution >= 0.6 is 0 Å². The number of amides is 1. The number of hydrogen-bond acceptors (Lipinski definition) is 5. The van der Waals surface area contributed by atoms with Crippen LogP contribution in [0.5, 0.6) is 17.2 Å². The normalized spacial score (nSPS) is 10.7. The Labute approximate surface area is 192 Å². The summed E-state index contributed by atoms with van der Waals surface area (Å²) in [7, 11) is 3.23. The number of nitrogens with one attached hydrogen (secondary N) is 1. The molecule has 33 heavy (non-hydrogen) atoms. The second-order valence-electron chi connectivity index (χ2n) is 7.43. The van der Waals surface area contributed by atoms with Gasteiger partial charge in [0.2, 0.25) is 0 Å². The van der Waals surface area contributed by atoms with E-state index in [0.29, 0.717) is 36.8 Å². The molecule has 0 aliphatic heterocycles. The van der Waals surface area contributed by atoms with Gasteiger partial charge in [-0.3, -0.25) is 4.79 Å². The van der Waals surface area contributed by atoms with Crippen LogP contribution in [0.15, 0.2) is 72.8 Å². The first-order valence-corrected chi connectivity index (χ1v) is 10.8. The standard InChI is InChI=1S/C26H27N3O4/c1-31-20-14-12-19(13-15-20)26(30)27-18-25-28-21-8-3-4-9-22(21)29(25)16-7-17-33-24-11-6-5-10-23(24)32-2/h3-6,8-15H,7,16-18H2,1-2H3,(H,27,30). The first kappa shape index (κ1) is 22.2. The molecule has 1 aromatic heterocycles. The van der Waals surface area contributed by atoms with Crippen molar-refractivity contribution in [1.82, 2.24) is 14.9 Å². The lowest BCUT2D eigenvalue weighted by Crippen LogP contribution is -2.25. The van der Waals surface area contributed by atoms with E-state index < -0.39 is 0 Å². The van der Waals surface area contributed by atoms with Crippen molar-refractivity contribution in [2.75, 3.05) is 20.8 Å². The topological polar surface area (TPSA) is 74.6 Å². The van der Waals surface area contributed by atoms with Gasteiger partial charge in [0.25, 0.3) is 5.91 Å². The molecule has 0 aliphatic carbocycles. The number of imidazole rings is 1. The van der Waals surface area contributed by atoms with Crippen molar-refractivity contribution in [2.45, 2.75) is 19.5 Å². The molecule has 0 unspecified atom stereocenters. The van der Waals surface area contributed by atoms with Gasteiger partial charge < -0.3 is 24.1 Å². The van der Waals surface area contributed by atoms with Crippen LogP contribution in [0, 0.1) is 0 Å². The minimum Gasteiger partial charge on any atom is -0.497 e. The van der Waals surface area contributed by atoms with Crippen LogP contribution in [0.3, 0.4) is 0 Å². The lowest BCUT2D eigenvalue weighted by molar-refractivity contribution is 0.0949. The predicted octanol–water partition coefficient (Wildman–Crippen LogP) is 4.45. The number of para-hydroxylation sites is 4. The Hall–Kier alpha value is -4.00. The molecule has 1 N–H and O–H groups in total. The number of hydrogen-bond donors (Lipinski definition) is 1. The maximum Gasteiger partial charge on any atom is 0.251 e. The zero-order valence-electron chi connectivity index (χ0n) is 18.8. The summed E-state index contributed by atoms with van der Waals surface area (Å²) in [5.41, 5.74) is 2.50. The van der Waals surface area contributed by atoms with E-state index in [9.17, 15) is 4.79 Å². The Bertz CT molecular complexity index is 1220. The fraction of sp³-hybridized carbons (Fsp3) is 0.231. The monoisotopic (exact) mass is 445 g/mol. The van der Waals surface area contributed by atoms with E-state index in [1.54, 1.807) is 38.5 Å². The SMILES string of the molecule is COc1ccc(C(=O)NCc2nc3ccccc3n2CCCOc2ccccc2OC)cc1. The second-order valence-corrected chi connectivity index (χ2v) is 7.43. The summed E-state index contributed by atoms with van der Waals surface area (Å²) in [6.07, 6.45) is 0.776. The number of nitrogens with zero attached hydrogens (tertiary/aromatic N) is 2. The number of carbonyl (C=O) groups is 1.